The molecule has 1 aromatic rings. The van der Waals surface area contributed by atoms with Gasteiger partial charge in [0.1, 0.15) is 0 Å². The summed E-state index contributed by atoms with van der Waals surface area (Å²) in [4.78, 5) is 0.269. The van der Waals surface area contributed by atoms with Gasteiger partial charge in [-0.15, -0.1) is 0 Å². The molecule has 0 amide bonds. The molecular formula is C14H21BrN2O3S. The highest BCUT2D eigenvalue weighted by Crippen LogP contribution is 2.23. The van der Waals surface area contributed by atoms with Crippen molar-refractivity contribution < 1.29 is 13.2 Å². The van der Waals surface area contributed by atoms with Gasteiger partial charge in [0.05, 0.1) is 11.0 Å². The minimum Gasteiger partial charge on any atom is -0.377 e. The lowest BCUT2D eigenvalue weighted by Crippen LogP contribution is -2.35. The molecule has 2 rings (SSSR count). The van der Waals surface area contributed by atoms with Crippen LogP contribution in [0, 0.1) is 0 Å². The van der Waals surface area contributed by atoms with Crippen molar-refractivity contribution in [2.45, 2.75) is 36.8 Å². The summed E-state index contributed by atoms with van der Waals surface area (Å²) >= 11 is 3.31. The van der Waals surface area contributed by atoms with Crippen molar-refractivity contribution in [2.75, 3.05) is 20.2 Å². The Kier molecular flexibility index (Phi) is 6.19. The van der Waals surface area contributed by atoms with E-state index in [1.807, 2.05) is 13.1 Å². The Morgan fingerprint density at radius 2 is 2.19 bits per heavy atom. The molecule has 21 heavy (non-hydrogen) atoms. The van der Waals surface area contributed by atoms with Gasteiger partial charge in [-0.3, -0.25) is 0 Å². The number of rotatable bonds is 6. The first-order valence-electron chi connectivity index (χ1n) is 7.07. The molecule has 1 unspecified atom stereocenters. The van der Waals surface area contributed by atoms with Crippen molar-refractivity contribution in [1.29, 1.82) is 0 Å². The van der Waals surface area contributed by atoms with Crippen LogP contribution in [0.25, 0.3) is 0 Å². The molecule has 2 N–H and O–H groups in total. The SMILES string of the molecule is CNCc1ccc(Br)c(S(=O)(=O)NCC2CCCCO2)c1. The fourth-order valence-corrected chi connectivity index (χ4v) is 4.39. The number of ether oxygens (including phenoxy) is 1. The molecule has 1 saturated heterocycles. The van der Waals surface area contributed by atoms with Crippen molar-refractivity contribution in [3.63, 3.8) is 0 Å². The largest absolute Gasteiger partial charge is 0.377 e. The second-order valence-electron chi connectivity index (χ2n) is 5.14. The van der Waals surface area contributed by atoms with E-state index in [2.05, 4.69) is 26.0 Å². The first-order valence-corrected chi connectivity index (χ1v) is 9.35. The minimum absolute atomic E-state index is 0.0206. The first-order chi connectivity index (χ1) is 10.0. The van der Waals surface area contributed by atoms with Crippen LogP contribution < -0.4 is 10.0 Å². The maximum absolute atomic E-state index is 12.4. The average molecular weight is 377 g/mol. The van der Waals surface area contributed by atoms with E-state index in [1.54, 1.807) is 12.1 Å². The number of sulfonamides is 1. The summed E-state index contributed by atoms with van der Waals surface area (Å²) < 4.78 is 33.6. The van der Waals surface area contributed by atoms with E-state index in [0.717, 1.165) is 24.8 Å². The average Bonchev–Trinajstić information content (AvgIpc) is 2.48. The molecule has 0 aromatic heterocycles. The van der Waals surface area contributed by atoms with Gasteiger partial charge in [0.2, 0.25) is 10.0 Å². The predicted octanol–water partition coefficient (Wildman–Crippen LogP) is 2.02. The number of nitrogens with one attached hydrogen (secondary N) is 2. The highest BCUT2D eigenvalue weighted by Gasteiger charge is 2.21. The molecule has 0 spiro atoms. The molecule has 0 bridgehead atoms. The first kappa shape index (κ1) is 16.9. The number of benzene rings is 1. The third kappa shape index (κ3) is 4.75. The fourth-order valence-electron chi connectivity index (χ4n) is 2.32. The fraction of sp³-hybridized carbons (Fsp3) is 0.571. The number of hydrogen-bond acceptors (Lipinski definition) is 4. The molecule has 1 aliphatic rings. The summed E-state index contributed by atoms with van der Waals surface area (Å²) in [6.07, 6.45) is 3.03. The van der Waals surface area contributed by atoms with Crippen LogP contribution in [-0.2, 0) is 21.3 Å². The number of halogens is 1. The van der Waals surface area contributed by atoms with Gasteiger partial charge in [-0.1, -0.05) is 6.07 Å². The van der Waals surface area contributed by atoms with Crippen molar-refractivity contribution in [3.8, 4) is 0 Å². The van der Waals surface area contributed by atoms with E-state index in [4.69, 9.17) is 4.74 Å². The van der Waals surface area contributed by atoms with Gasteiger partial charge in [0, 0.05) is 24.2 Å². The Morgan fingerprint density at radius 1 is 1.38 bits per heavy atom. The van der Waals surface area contributed by atoms with Crippen LogP contribution in [0.2, 0.25) is 0 Å². The van der Waals surface area contributed by atoms with Gasteiger partial charge in [0.15, 0.2) is 0 Å². The van der Waals surface area contributed by atoms with Gasteiger partial charge in [-0.25, -0.2) is 13.1 Å². The molecule has 0 saturated carbocycles. The summed E-state index contributed by atoms with van der Waals surface area (Å²) in [6, 6.07) is 5.34. The topological polar surface area (TPSA) is 67.4 Å². The Balaban J connectivity index is 2.08. The molecule has 5 nitrogen and oxygen atoms in total. The molecular weight excluding hydrogens is 356 g/mol. The summed E-state index contributed by atoms with van der Waals surface area (Å²) in [5, 5.41) is 3.02. The van der Waals surface area contributed by atoms with Crippen molar-refractivity contribution in [2.24, 2.45) is 0 Å². The van der Waals surface area contributed by atoms with Crippen LogP contribution >= 0.6 is 15.9 Å². The normalized spacial score (nSPS) is 19.6. The van der Waals surface area contributed by atoms with E-state index < -0.39 is 10.0 Å². The van der Waals surface area contributed by atoms with Gasteiger partial charge >= 0.3 is 0 Å². The summed E-state index contributed by atoms with van der Waals surface area (Å²) in [7, 11) is -1.71. The van der Waals surface area contributed by atoms with Crippen LogP contribution in [0.5, 0.6) is 0 Å². The molecule has 0 aliphatic carbocycles. The van der Waals surface area contributed by atoms with Gasteiger partial charge in [0.25, 0.3) is 0 Å². The van der Waals surface area contributed by atoms with Crippen LogP contribution in [0.3, 0.4) is 0 Å². The van der Waals surface area contributed by atoms with E-state index in [-0.39, 0.29) is 11.0 Å². The van der Waals surface area contributed by atoms with Crippen molar-refractivity contribution >= 4 is 26.0 Å². The van der Waals surface area contributed by atoms with Gasteiger partial charge in [-0.2, -0.15) is 0 Å². The Labute approximate surface area is 134 Å². The maximum Gasteiger partial charge on any atom is 0.241 e. The monoisotopic (exact) mass is 376 g/mol. The molecule has 1 aliphatic heterocycles. The summed E-state index contributed by atoms with van der Waals surface area (Å²) in [6.45, 7) is 1.67. The smallest absolute Gasteiger partial charge is 0.241 e. The van der Waals surface area contributed by atoms with Crippen LogP contribution in [0.15, 0.2) is 27.6 Å². The quantitative estimate of drug-likeness (QED) is 0.796. The lowest BCUT2D eigenvalue weighted by Gasteiger charge is -2.22. The van der Waals surface area contributed by atoms with Crippen LogP contribution in [0.4, 0.5) is 0 Å². The van der Waals surface area contributed by atoms with Crippen LogP contribution in [0.1, 0.15) is 24.8 Å². The lowest BCUT2D eigenvalue weighted by molar-refractivity contribution is 0.0200. The second-order valence-corrected chi connectivity index (χ2v) is 7.73. The summed E-state index contributed by atoms with van der Waals surface area (Å²) in [5.41, 5.74) is 0.926. The van der Waals surface area contributed by atoms with E-state index >= 15 is 0 Å². The molecule has 7 heteroatoms. The maximum atomic E-state index is 12.4. The molecule has 1 heterocycles. The second kappa shape index (κ2) is 7.69. The highest BCUT2D eigenvalue weighted by atomic mass is 79.9. The molecule has 118 valence electrons. The lowest BCUT2D eigenvalue weighted by atomic mass is 10.1. The van der Waals surface area contributed by atoms with E-state index in [1.165, 1.54) is 0 Å². The standard InChI is InChI=1S/C14H21BrN2O3S/c1-16-9-11-5-6-13(15)14(8-11)21(18,19)17-10-12-4-2-3-7-20-12/h5-6,8,12,16-17H,2-4,7,9-10H2,1H3. The minimum atomic E-state index is -3.54. The molecule has 1 aromatic carbocycles. The Bertz CT molecular complexity index is 572. The predicted molar refractivity (Wildman–Crippen MR) is 85.7 cm³/mol. The molecule has 0 radical (unpaired) electrons. The van der Waals surface area contributed by atoms with Crippen molar-refractivity contribution in [3.05, 3.63) is 28.2 Å². The van der Waals surface area contributed by atoms with Gasteiger partial charge in [-0.05, 0) is 59.9 Å². The Morgan fingerprint density at radius 3 is 2.86 bits per heavy atom. The number of hydrogen-bond donors (Lipinski definition) is 2. The zero-order chi connectivity index (χ0) is 15.3. The third-order valence-corrected chi connectivity index (χ3v) is 5.86. The molecule has 1 fully saturated rings. The van der Waals surface area contributed by atoms with E-state index in [0.29, 0.717) is 24.2 Å². The zero-order valence-electron chi connectivity index (χ0n) is 12.1. The third-order valence-electron chi connectivity index (χ3n) is 3.44. The van der Waals surface area contributed by atoms with Crippen molar-refractivity contribution in [1.82, 2.24) is 10.0 Å². The zero-order valence-corrected chi connectivity index (χ0v) is 14.5. The molecule has 1 atom stereocenters. The summed E-state index contributed by atoms with van der Waals surface area (Å²) in [5.74, 6) is 0. The Hall–Kier alpha value is -0.470. The van der Waals surface area contributed by atoms with E-state index in [9.17, 15) is 8.42 Å². The van der Waals surface area contributed by atoms with Crippen LogP contribution in [-0.4, -0.2) is 34.7 Å². The highest BCUT2D eigenvalue weighted by molar-refractivity contribution is 9.10. The van der Waals surface area contributed by atoms with Gasteiger partial charge < -0.3 is 10.1 Å².